The third kappa shape index (κ3) is 3.22. The number of anilines is 1. The lowest BCUT2D eigenvalue weighted by molar-refractivity contribution is 0.0425. The molecule has 0 spiro atoms. The standard InChI is InChI=1S/C10H15N5O2/c1-6-7(2)14-9(11)8(13-6)10(15-12-3)17-5-16-4/h3,5H2,1-2,4H3,(H2,11,14)/b15-10-. The Hall–Kier alpha value is -2.02. The van der Waals surface area contributed by atoms with Gasteiger partial charge >= 0.3 is 0 Å². The van der Waals surface area contributed by atoms with Crippen LogP contribution in [0.2, 0.25) is 0 Å². The Balaban J connectivity index is 3.14. The first kappa shape index (κ1) is 13.0. The van der Waals surface area contributed by atoms with Gasteiger partial charge in [-0.25, -0.2) is 9.97 Å². The first-order chi connectivity index (χ1) is 8.10. The second-order valence-electron chi connectivity index (χ2n) is 3.23. The molecule has 2 N–H and O–H groups in total. The first-order valence-corrected chi connectivity index (χ1v) is 4.86. The summed E-state index contributed by atoms with van der Waals surface area (Å²) < 4.78 is 9.98. The smallest absolute Gasteiger partial charge is 0.265 e. The molecule has 0 atom stereocenters. The van der Waals surface area contributed by atoms with E-state index in [1.165, 1.54) is 7.11 Å². The number of rotatable bonds is 4. The van der Waals surface area contributed by atoms with E-state index < -0.39 is 0 Å². The highest BCUT2D eigenvalue weighted by Crippen LogP contribution is 2.12. The van der Waals surface area contributed by atoms with Crippen molar-refractivity contribution in [2.75, 3.05) is 19.6 Å². The predicted octanol–water partition coefficient (Wildman–Crippen LogP) is 0.658. The summed E-state index contributed by atoms with van der Waals surface area (Å²) in [5.41, 5.74) is 7.58. The molecular weight excluding hydrogens is 222 g/mol. The Morgan fingerprint density at radius 1 is 1.35 bits per heavy atom. The van der Waals surface area contributed by atoms with Gasteiger partial charge in [0.25, 0.3) is 5.90 Å². The monoisotopic (exact) mass is 237 g/mol. The molecule has 0 aliphatic carbocycles. The van der Waals surface area contributed by atoms with Crippen molar-refractivity contribution in [2.24, 2.45) is 10.2 Å². The molecule has 0 aliphatic heterocycles. The highest BCUT2D eigenvalue weighted by atomic mass is 16.7. The van der Waals surface area contributed by atoms with Crippen LogP contribution in [0, 0.1) is 13.8 Å². The van der Waals surface area contributed by atoms with Crippen LogP contribution in [0.1, 0.15) is 17.1 Å². The molecule has 1 aromatic rings. The number of aryl methyl sites for hydroxylation is 2. The SMILES string of the molecule is C=N/N=C(\OCOC)c1nc(C)c(C)nc1N. The van der Waals surface area contributed by atoms with Crippen molar-refractivity contribution in [1.29, 1.82) is 0 Å². The van der Waals surface area contributed by atoms with Crippen molar-refractivity contribution in [3.63, 3.8) is 0 Å². The molecule has 1 aromatic heterocycles. The van der Waals surface area contributed by atoms with E-state index in [2.05, 4.69) is 26.9 Å². The summed E-state index contributed by atoms with van der Waals surface area (Å²) in [4.78, 5) is 8.39. The maximum Gasteiger partial charge on any atom is 0.265 e. The van der Waals surface area contributed by atoms with Crippen molar-refractivity contribution in [1.82, 2.24) is 9.97 Å². The molecule has 0 amide bonds. The quantitative estimate of drug-likeness (QED) is 0.359. The van der Waals surface area contributed by atoms with E-state index in [0.717, 1.165) is 11.4 Å². The van der Waals surface area contributed by atoms with Crippen LogP contribution in [0.4, 0.5) is 5.82 Å². The van der Waals surface area contributed by atoms with E-state index in [0.29, 0.717) is 5.69 Å². The fourth-order valence-corrected chi connectivity index (χ4v) is 1.10. The van der Waals surface area contributed by atoms with Crippen LogP contribution in [-0.2, 0) is 9.47 Å². The van der Waals surface area contributed by atoms with Crippen LogP contribution in [0.5, 0.6) is 0 Å². The molecule has 0 aliphatic rings. The lowest BCUT2D eigenvalue weighted by Gasteiger charge is -2.09. The predicted molar refractivity (Wildman–Crippen MR) is 65.0 cm³/mol. The zero-order valence-corrected chi connectivity index (χ0v) is 10.1. The number of methoxy groups -OCH3 is 1. The average Bonchev–Trinajstić information content (AvgIpc) is 2.29. The first-order valence-electron chi connectivity index (χ1n) is 4.86. The Morgan fingerprint density at radius 2 is 2.00 bits per heavy atom. The fourth-order valence-electron chi connectivity index (χ4n) is 1.10. The zero-order chi connectivity index (χ0) is 12.8. The number of hydrogen-bond donors (Lipinski definition) is 1. The summed E-state index contributed by atoms with van der Waals surface area (Å²) in [6, 6.07) is 0. The van der Waals surface area contributed by atoms with Gasteiger partial charge < -0.3 is 15.2 Å². The van der Waals surface area contributed by atoms with Gasteiger partial charge in [0.05, 0.1) is 11.4 Å². The van der Waals surface area contributed by atoms with Gasteiger partial charge in [-0.05, 0) is 13.8 Å². The van der Waals surface area contributed by atoms with Crippen LogP contribution < -0.4 is 5.73 Å². The number of nitrogens with two attached hydrogens (primary N) is 1. The minimum absolute atomic E-state index is 0.0163. The number of ether oxygens (including phenoxy) is 2. The Labute approximate surface area is 99.4 Å². The number of aromatic nitrogens is 2. The summed E-state index contributed by atoms with van der Waals surface area (Å²) in [6.07, 6.45) is 0. The van der Waals surface area contributed by atoms with E-state index in [9.17, 15) is 0 Å². The molecular formula is C10H15N5O2. The van der Waals surface area contributed by atoms with E-state index >= 15 is 0 Å². The topological polar surface area (TPSA) is 95.0 Å². The van der Waals surface area contributed by atoms with Gasteiger partial charge in [0.2, 0.25) is 0 Å². The van der Waals surface area contributed by atoms with E-state index in [-0.39, 0.29) is 18.5 Å². The van der Waals surface area contributed by atoms with Gasteiger partial charge in [0.1, 0.15) is 0 Å². The van der Waals surface area contributed by atoms with Gasteiger partial charge in [-0.2, -0.15) is 5.10 Å². The third-order valence-corrected chi connectivity index (χ3v) is 2.01. The van der Waals surface area contributed by atoms with Crippen LogP contribution in [0.3, 0.4) is 0 Å². The molecule has 0 radical (unpaired) electrons. The summed E-state index contributed by atoms with van der Waals surface area (Å²) in [5.74, 6) is 0.363. The molecule has 7 heteroatoms. The third-order valence-electron chi connectivity index (χ3n) is 2.01. The molecule has 7 nitrogen and oxygen atoms in total. The lowest BCUT2D eigenvalue weighted by atomic mass is 10.3. The normalized spacial score (nSPS) is 11.4. The number of nitrogen functional groups attached to an aromatic ring is 1. The zero-order valence-electron chi connectivity index (χ0n) is 10.1. The second-order valence-corrected chi connectivity index (χ2v) is 3.23. The minimum atomic E-state index is 0.0163. The molecule has 0 unspecified atom stereocenters. The van der Waals surface area contributed by atoms with Crippen LogP contribution >= 0.6 is 0 Å². The number of nitrogens with zero attached hydrogens (tertiary/aromatic N) is 4. The molecule has 92 valence electrons. The van der Waals surface area contributed by atoms with Crippen LogP contribution in [-0.4, -0.2) is 36.5 Å². The van der Waals surface area contributed by atoms with Crippen molar-refractivity contribution in [3.8, 4) is 0 Å². The Kier molecular flexibility index (Phi) is 4.53. The summed E-state index contributed by atoms with van der Waals surface area (Å²) in [6.45, 7) is 6.91. The molecule has 17 heavy (non-hydrogen) atoms. The second kappa shape index (κ2) is 5.90. The van der Waals surface area contributed by atoms with Gasteiger partial charge in [-0.15, -0.1) is 5.10 Å². The summed E-state index contributed by atoms with van der Waals surface area (Å²) >= 11 is 0. The molecule has 0 saturated heterocycles. The van der Waals surface area contributed by atoms with Crippen molar-refractivity contribution in [2.45, 2.75) is 13.8 Å². The Morgan fingerprint density at radius 3 is 2.59 bits per heavy atom. The molecule has 0 bridgehead atoms. The molecule has 0 aromatic carbocycles. The van der Waals surface area contributed by atoms with E-state index in [1.54, 1.807) is 0 Å². The molecule has 1 rings (SSSR count). The highest BCUT2D eigenvalue weighted by Gasteiger charge is 2.14. The van der Waals surface area contributed by atoms with E-state index in [1.807, 2.05) is 13.8 Å². The van der Waals surface area contributed by atoms with Gasteiger partial charge in [0, 0.05) is 13.8 Å². The summed E-state index contributed by atoms with van der Waals surface area (Å²) in [7, 11) is 1.49. The Bertz CT molecular complexity index is 445. The van der Waals surface area contributed by atoms with Crippen molar-refractivity contribution < 1.29 is 9.47 Å². The van der Waals surface area contributed by atoms with Crippen LogP contribution in [0.25, 0.3) is 0 Å². The lowest BCUT2D eigenvalue weighted by Crippen LogP contribution is -2.16. The van der Waals surface area contributed by atoms with E-state index in [4.69, 9.17) is 15.2 Å². The van der Waals surface area contributed by atoms with Crippen molar-refractivity contribution in [3.05, 3.63) is 17.1 Å². The van der Waals surface area contributed by atoms with Crippen molar-refractivity contribution >= 4 is 18.4 Å². The van der Waals surface area contributed by atoms with Gasteiger partial charge in [-0.3, -0.25) is 0 Å². The van der Waals surface area contributed by atoms with Gasteiger partial charge in [0.15, 0.2) is 18.3 Å². The maximum absolute atomic E-state index is 5.76. The maximum atomic E-state index is 5.76. The molecule has 1 heterocycles. The van der Waals surface area contributed by atoms with Gasteiger partial charge in [-0.1, -0.05) is 0 Å². The fraction of sp³-hybridized carbons (Fsp3) is 0.400. The number of hydrogen-bond acceptors (Lipinski definition) is 7. The average molecular weight is 237 g/mol. The largest absolute Gasteiger partial charge is 0.448 e. The molecule has 0 saturated carbocycles. The molecule has 0 fully saturated rings. The van der Waals surface area contributed by atoms with Crippen LogP contribution in [0.15, 0.2) is 10.2 Å². The minimum Gasteiger partial charge on any atom is -0.448 e. The highest BCUT2D eigenvalue weighted by molar-refractivity contribution is 5.96. The summed E-state index contributed by atoms with van der Waals surface area (Å²) in [5, 5.41) is 7.10.